The van der Waals surface area contributed by atoms with Gasteiger partial charge in [-0.2, -0.15) is 5.26 Å². The van der Waals surface area contributed by atoms with Gasteiger partial charge in [0.15, 0.2) is 0 Å². The van der Waals surface area contributed by atoms with Crippen LogP contribution in [0.5, 0.6) is 0 Å². The molecule has 2 aliphatic rings. The summed E-state index contributed by atoms with van der Waals surface area (Å²) >= 11 is 0. The van der Waals surface area contributed by atoms with E-state index in [4.69, 9.17) is 5.26 Å². The second-order valence-electron chi connectivity index (χ2n) is 6.14. The van der Waals surface area contributed by atoms with Gasteiger partial charge in [0.2, 0.25) is 5.91 Å². The fourth-order valence-electron chi connectivity index (χ4n) is 3.31. The van der Waals surface area contributed by atoms with Crippen LogP contribution in [0, 0.1) is 28.6 Å². The van der Waals surface area contributed by atoms with Crippen LogP contribution in [0.2, 0.25) is 0 Å². The normalized spacial score (nSPS) is 35.5. The van der Waals surface area contributed by atoms with Gasteiger partial charge in [-0.3, -0.25) is 4.79 Å². The van der Waals surface area contributed by atoms with E-state index in [1.54, 1.807) is 0 Å². The Bertz CT molecular complexity index is 331. The fourth-order valence-corrected chi connectivity index (χ4v) is 3.31. The molecule has 0 bridgehead atoms. The quantitative estimate of drug-likeness (QED) is 0.798. The second-order valence-corrected chi connectivity index (χ2v) is 6.14. The summed E-state index contributed by atoms with van der Waals surface area (Å²) in [7, 11) is 0. The Hall–Kier alpha value is -1.04. The largest absolute Gasteiger partial charge is 0.352 e. The molecule has 1 N–H and O–H groups in total. The lowest BCUT2D eigenvalue weighted by Crippen LogP contribution is -2.50. The van der Waals surface area contributed by atoms with Crippen molar-refractivity contribution in [2.24, 2.45) is 17.3 Å². The first-order valence-electron chi connectivity index (χ1n) is 6.78. The molecule has 0 aromatic carbocycles. The minimum Gasteiger partial charge on any atom is -0.352 e. The second kappa shape index (κ2) is 4.68. The zero-order chi connectivity index (χ0) is 12.5. The molecule has 2 fully saturated rings. The topological polar surface area (TPSA) is 52.9 Å². The van der Waals surface area contributed by atoms with Crippen molar-refractivity contribution in [1.82, 2.24) is 5.32 Å². The van der Waals surface area contributed by atoms with E-state index in [0.29, 0.717) is 11.8 Å². The van der Waals surface area contributed by atoms with Crippen molar-refractivity contribution in [3.05, 3.63) is 0 Å². The van der Waals surface area contributed by atoms with Gasteiger partial charge in [-0.1, -0.05) is 13.8 Å². The first kappa shape index (κ1) is 12.4. The molecule has 2 saturated carbocycles. The van der Waals surface area contributed by atoms with E-state index in [0.717, 1.165) is 32.1 Å². The number of nitriles is 1. The Morgan fingerprint density at radius 3 is 2.24 bits per heavy atom. The maximum absolute atomic E-state index is 12.1. The van der Waals surface area contributed by atoms with Gasteiger partial charge in [-0.25, -0.2) is 0 Å². The lowest BCUT2D eigenvalue weighted by Gasteiger charge is -2.37. The first-order chi connectivity index (χ1) is 8.05. The van der Waals surface area contributed by atoms with Crippen LogP contribution in [0.15, 0.2) is 0 Å². The third-order valence-electron chi connectivity index (χ3n) is 4.37. The van der Waals surface area contributed by atoms with Crippen molar-refractivity contribution in [3.8, 4) is 6.07 Å². The lowest BCUT2D eigenvalue weighted by molar-refractivity contribution is -0.132. The Morgan fingerprint density at radius 2 is 1.82 bits per heavy atom. The van der Waals surface area contributed by atoms with E-state index in [-0.39, 0.29) is 11.9 Å². The Balaban J connectivity index is 1.92. The molecule has 0 radical (unpaired) electrons. The average Bonchev–Trinajstić information content (AvgIpc) is 2.14. The Kier molecular flexibility index (Phi) is 3.42. The molecular formula is C14H22N2O. The highest BCUT2D eigenvalue weighted by Crippen LogP contribution is 2.41. The maximum Gasteiger partial charge on any atom is 0.240 e. The fraction of sp³-hybridized carbons (Fsp3) is 0.857. The third kappa shape index (κ3) is 2.46. The van der Waals surface area contributed by atoms with Crippen LogP contribution in [-0.4, -0.2) is 11.9 Å². The standard InChI is InChI=1S/C14H22N2O/c1-10-6-11(2)8-12(7-10)16-13(17)14(9-15)4-3-5-14/h10-12H,3-8H2,1-2H3,(H,16,17). The summed E-state index contributed by atoms with van der Waals surface area (Å²) in [5.41, 5.74) is -0.691. The number of amides is 1. The first-order valence-corrected chi connectivity index (χ1v) is 6.78. The molecular weight excluding hydrogens is 212 g/mol. The number of rotatable bonds is 2. The van der Waals surface area contributed by atoms with Crippen LogP contribution in [0.1, 0.15) is 52.4 Å². The molecule has 0 aliphatic heterocycles. The summed E-state index contributed by atoms with van der Waals surface area (Å²) in [6, 6.07) is 2.50. The molecule has 0 heterocycles. The van der Waals surface area contributed by atoms with Crippen LogP contribution in [0.4, 0.5) is 0 Å². The molecule has 3 nitrogen and oxygen atoms in total. The van der Waals surface area contributed by atoms with Gasteiger partial charge in [0.25, 0.3) is 0 Å². The van der Waals surface area contributed by atoms with E-state index < -0.39 is 5.41 Å². The molecule has 0 saturated heterocycles. The van der Waals surface area contributed by atoms with Crippen molar-refractivity contribution in [1.29, 1.82) is 5.26 Å². The van der Waals surface area contributed by atoms with Crippen molar-refractivity contribution in [2.75, 3.05) is 0 Å². The van der Waals surface area contributed by atoms with E-state index in [9.17, 15) is 4.79 Å². The van der Waals surface area contributed by atoms with E-state index in [1.807, 2.05) is 0 Å². The van der Waals surface area contributed by atoms with Gasteiger partial charge in [-0.05, 0) is 50.4 Å². The molecule has 2 unspecified atom stereocenters. The zero-order valence-corrected chi connectivity index (χ0v) is 10.8. The Labute approximate surface area is 104 Å². The van der Waals surface area contributed by atoms with Gasteiger partial charge in [0.1, 0.15) is 5.41 Å². The van der Waals surface area contributed by atoms with Crippen LogP contribution >= 0.6 is 0 Å². The van der Waals surface area contributed by atoms with E-state index in [2.05, 4.69) is 25.2 Å². The van der Waals surface area contributed by atoms with Crippen LogP contribution in [-0.2, 0) is 4.79 Å². The van der Waals surface area contributed by atoms with E-state index >= 15 is 0 Å². The minimum atomic E-state index is -0.691. The number of hydrogen-bond donors (Lipinski definition) is 1. The average molecular weight is 234 g/mol. The number of nitrogens with one attached hydrogen (secondary N) is 1. The number of hydrogen-bond acceptors (Lipinski definition) is 2. The third-order valence-corrected chi connectivity index (χ3v) is 4.37. The predicted molar refractivity (Wildman–Crippen MR) is 66.0 cm³/mol. The lowest BCUT2D eigenvalue weighted by atomic mass is 9.69. The Morgan fingerprint density at radius 1 is 1.24 bits per heavy atom. The van der Waals surface area contributed by atoms with Crippen molar-refractivity contribution >= 4 is 5.91 Å². The molecule has 1 amide bonds. The van der Waals surface area contributed by atoms with Crippen molar-refractivity contribution in [2.45, 2.75) is 58.4 Å². The molecule has 2 aliphatic carbocycles. The predicted octanol–water partition coefficient (Wildman–Crippen LogP) is 2.62. The molecule has 3 heteroatoms. The summed E-state index contributed by atoms with van der Waals surface area (Å²) < 4.78 is 0. The van der Waals surface area contributed by atoms with Gasteiger partial charge in [-0.15, -0.1) is 0 Å². The van der Waals surface area contributed by atoms with Gasteiger partial charge >= 0.3 is 0 Å². The van der Waals surface area contributed by atoms with Crippen LogP contribution < -0.4 is 5.32 Å². The molecule has 94 valence electrons. The zero-order valence-electron chi connectivity index (χ0n) is 10.8. The highest BCUT2D eigenvalue weighted by Gasteiger charge is 2.45. The monoisotopic (exact) mass is 234 g/mol. The van der Waals surface area contributed by atoms with Crippen LogP contribution in [0.25, 0.3) is 0 Å². The van der Waals surface area contributed by atoms with Gasteiger partial charge in [0, 0.05) is 6.04 Å². The number of carbonyl (C=O) groups excluding carboxylic acids is 1. The molecule has 2 atom stereocenters. The maximum atomic E-state index is 12.1. The van der Waals surface area contributed by atoms with Gasteiger partial charge < -0.3 is 5.32 Å². The van der Waals surface area contributed by atoms with Gasteiger partial charge in [0.05, 0.1) is 6.07 Å². The summed E-state index contributed by atoms with van der Waals surface area (Å²) in [5.74, 6) is 1.35. The van der Waals surface area contributed by atoms with E-state index in [1.165, 1.54) is 6.42 Å². The highest BCUT2D eigenvalue weighted by atomic mass is 16.2. The molecule has 2 rings (SSSR count). The molecule has 17 heavy (non-hydrogen) atoms. The molecule has 0 spiro atoms. The SMILES string of the molecule is CC1CC(C)CC(NC(=O)C2(C#N)CCC2)C1. The summed E-state index contributed by atoms with van der Waals surface area (Å²) in [5, 5.41) is 12.2. The van der Waals surface area contributed by atoms with Crippen molar-refractivity contribution in [3.63, 3.8) is 0 Å². The number of nitrogens with zero attached hydrogens (tertiary/aromatic N) is 1. The van der Waals surface area contributed by atoms with Crippen LogP contribution in [0.3, 0.4) is 0 Å². The smallest absolute Gasteiger partial charge is 0.240 e. The summed E-state index contributed by atoms with van der Waals surface area (Å²) in [6.07, 6.45) is 5.89. The summed E-state index contributed by atoms with van der Waals surface area (Å²) in [6.45, 7) is 4.50. The molecule has 0 aromatic heterocycles. The minimum absolute atomic E-state index is 0.0162. The van der Waals surface area contributed by atoms with Crippen molar-refractivity contribution < 1.29 is 4.79 Å². The summed E-state index contributed by atoms with van der Waals surface area (Å²) in [4.78, 5) is 12.1. The highest BCUT2D eigenvalue weighted by molar-refractivity contribution is 5.86. The molecule has 0 aromatic rings. The number of carbonyl (C=O) groups is 1.